The Labute approximate surface area is 89.9 Å². The van der Waals surface area contributed by atoms with Crippen LogP contribution in [0.3, 0.4) is 0 Å². The van der Waals surface area contributed by atoms with Gasteiger partial charge in [0.1, 0.15) is 5.82 Å². The van der Waals surface area contributed by atoms with Crippen molar-refractivity contribution >= 4 is 16.7 Å². The first-order valence-electron chi connectivity index (χ1n) is 4.74. The number of halogens is 1. The number of fused-ring (bicyclic) bond motifs is 1. The lowest BCUT2D eigenvalue weighted by molar-refractivity contribution is 0.435. The molecule has 3 N–H and O–H groups in total. The summed E-state index contributed by atoms with van der Waals surface area (Å²) in [5, 5.41) is 4.10. The Balaban J connectivity index is 2.22. The van der Waals surface area contributed by atoms with E-state index in [-0.39, 0.29) is 5.82 Å². The van der Waals surface area contributed by atoms with Gasteiger partial charge in [-0.3, -0.25) is 0 Å². The molecule has 1 aromatic carbocycles. The molecule has 16 heavy (non-hydrogen) atoms. The Hall–Kier alpha value is -2.30. The highest BCUT2D eigenvalue weighted by Crippen LogP contribution is 2.26. The fourth-order valence-electron chi connectivity index (χ4n) is 1.67. The summed E-state index contributed by atoms with van der Waals surface area (Å²) in [7, 11) is 0. The zero-order valence-corrected chi connectivity index (χ0v) is 8.20. The molecule has 2 heterocycles. The zero-order chi connectivity index (χ0) is 11.1. The maximum atomic E-state index is 13.4. The quantitative estimate of drug-likeness (QED) is 0.658. The number of nitrogen functional groups attached to an aromatic ring is 1. The van der Waals surface area contributed by atoms with Crippen molar-refractivity contribution in [3.05, 3.63) is 36.1 Å². The third-order valence-electron chi connectivity index (χ3n) is 2.40. The molecule has 0 aliphatic heterocycles. The SMILES string of the molecule is Nc1cc(-c2cc3c(F)cccc3[nH]2)on1. The number of rotatable bonds is 1. The molecule has 3 aromatic rings. The van der Waals surface area contributed by atoms with Crippen LogP contribution < -0.4 is 5.73 Å². The van der Waals surface area contributed by atoms with Crippen molar-refractivity contribution in [2.24, 2.45) is 0 Å². The van der Waals surface area contributed by atoms with Gasteiger partial charge in [-0.05, 0) is 18.2 Å². The molecule has 0 atom stereocenters. The number of benzene rings is 1. The van der Waals surface area contributed by atoms with Crippen LogP contribution in [0.15, 0.2) is 34.9 Å². The first kappa shape index (κ1) is 8.96. The van der Waals surface area contributed by atoms with Crippen molar-refractivity contribution in [1.82, 2.24) is 10.1 Å². The average Bonchev–Trinajstić information content (AvgIpc) is 2.84. The summed E-state index contributed by atoms with van der Waals surface area (Å²) in [4.78, 5) is 3.04. The number of aromatic nitrogens is 2. The van der Waals surface area contributed by atoms with E-state index in [0.29, 0.717) is 28.2 Å². The number of hydrogen-bond donors (Lipinski definition) is 2. The van der Waals surface area contributed by atoms with Gasteiger partial charge in [0, 0.05) is 17.0 Å². The molecule has 0 spiro atoms. The summed E-state index contributed by atoms with van der Waals surface area (Å²) < 4.78 is 18.4. The molecule has 0 saturated heterocycles. The highest BCUT2D eigenvalue weighted by molar-refractivity contribution is 5.85. The lowest BCUT2D eigenvalue weighted by Crippen LogP contribution is -1.79. The Morgan fingerprint density at radius 3 is 2.88 bits per heavy atom. The Morgan fingerprint density at radius 1 is 1.31 bits per heavy atom. The largest absolute Gasteiger partial charge is 0.381 e. The lowest BCUT2D eigenvalue weighted by Gasteiger charge is -1.88. The van der Waals surface area contributed by atoms with Gasteiger partial charge in [-0.15, -0.1) is 0 Å². The summed E-state index contributed by atoms with van der Waals surface area (Å²) >= 11 is 0. The van der Waals surface area contributed by atoms with Crippen LogP contribution in [-0.4, -0.2) is 10.1 Å². The number of aromatic amines is 1. The van der Waals surface area contributed by atoms with Gasteiger partial charge in [0.25, 0.3) is 0 Å². The topological polar surface area (TPSA) is 67.8 Å². The minimum absolute atomic E-state index is 0.271. The first-order chi connectivity index (χ1) is 7.74. The van der Waals surface area contributed by atoms with E-state index in [4.69, 9.17) is 10.3 Å². The van der Waals surface area contributed by atoms with Gasteiger partial charge in [-0.1, -0.05) is 11.2 Å². The maximum Gasteiger partial charge on any atom is 0.185 e. The van der Waals surface area contributed by atoms with Crippen LogP contribution in [0.25, 0.3) is 22.4 Å². The monoisotopic (exact) mass is 217 g/mol. The second-order valence-electron chi connectivity index (χ2n) is 3.50. The van der Waals surface area contributed by atoms with Crippen LogP contribution in [-0.2, 0) is 0 Å². The van der Waals surface area contributed by atoms with Crippen LogP contribution >= 0.6 is 0 Å². The summed E-state index contributed by atoms with van der Waals surface area (Å²) in [5.74, 6) is 0.523. The number of H-pyrrole nitrogens is 1. The van der Waals surface area contributed by atoms with E-state index in [1.165, 1.54) is 6.07 Å². The van der Waals surface area contributed by atoms with Crippen molar-refractivity contribution in [3.63, 3.8) is 0 Å². The smallest absolute Gasteiger partial charge is 0.185 e. The number of anilines is 1. The number of nitrogens with zero attached hydrogens (tertiary/aromatic N) is 1. The molecule has 80 valence electrons. The van der Waals surface area contributed by atoms with Gasteiger partial charge in [0.05, 0.1) is 5.69 Å². The van der Waals surface area contributed by atoms with E-state index in [0.717, 1.165) is 0 Å². The van der Waals surface area contributed by atoms with Crippen LogP contribution in [0.1, 0.15) is 0 Å². The van der Waals surface area contributed by atoms with Crippen molar-refractivity contribution < 1.29 is 8.91 Å². The molecule has 0 unspecified atom stereocenters. The van der Waals surface area contributed by atoms with E-state index in [2.05, 4.69) is 10.1 Å². The molecule has 0 fully saturated rings. The van der Waals surface area contributed by atoms with E-state index < -0.39 is 0 Å². The van der Waals surface area contributed by atoms with Gasteiger partial charge in [-0.25, -0.2) is 4.39 Å². The minimum Gasteiger partial charge on any atom is -0.381 e. The summed E-state index contributed by atoms with van der Waals surface area (Å²) in [5.41, 5.74) is 6.82. The average molecular weight is 217 g/mol. The molecule has 3 rings (SSSR count). The summed E-state index contributed by atoms with van der Waals surface area (Å²) in [6.07, 6.45) is 0. The predicted octanol–water partition coefficient (Wildman–Crippen LogP) is 2.54. The van der Waals surface area contributed by atoms with Gasteiger partial charge in [0.2, 0.25) is 0 Å². The molecule has 0 aliphatic carbocycles. The molecule has 2 aromatic heterocycles. The lowest BCUT2D eigenvalue weighted by atomic mass is 10.2. The van der Waals surface area contributed by atoms with E-state index in [9.17, 15) is 4.39 Å². The maximum absolute atomic E-state index is 13.4. The Kier molecular flexibility index (Phi) is 1.73. The molecule has 5 heteroatoms. The highest BCUT2D eigenvalue weighted by Gasteiger charge is 2.10. The third kappa shape index (κ3) is 1.25. The second kappa shape index (κ2) is 3.10. The van der Waals surface area contributed by atoms with Crippen molar-refractivity contribution in [2.75, 3.05) is 5.73 Å². The standard InChI is InChI=1S/C11H8FN3O/c12-7-2-1-3-8-6(7)4-9(14-8)10-5-11(13)15-16-10/h1-5,14H,(H2,13,15). The molecule has 0 radical (unpaired) electrons. The van der Waals surface area contributed by atoms with E-state index >= 15 is 0 Å². The third-order valence-corrected chi connectivity index (χ3v) is 2.40. The zero-order valence-electron chi connectivity index (χ0n) is 8.20. The van der Waals surface area contributed by atoms with Crippen molar-refractivity contribution in [1.29, 1.82) is 0 Å². The van der Waals surface area contributed by atoms with Crippen LogP contribution in [0.2, 0.25) is 0 Å². The normalized spacial score (nSPS) is 11.1. The van der Waals surface area contributed by atoms with Gasteiger partial charge >= 0.3 is 0 Å². The predicted molar refractivity (Wildman–Crippen MR) is 58.2 cm³/mol. The number of nitrogens with one attached hydrogen (secondary N) is 1. The second-order valence-corrected chi connectivity index (χ2v) is 3.50. The minimum atomic E-state index is -0.271. The fourth-order valence-corrected chi connectivity index (χ4v) is 1.67. The van der Waals surface area contributed by atoms with Crippen LogP contribution in [0, 0.1) is 5.82 Å². The van der Waals surface area contributed by atoms with Crippen molar-refractivity contribution in [2.45, 2.75) is 0 Å². The molecular weight excluding hydrogens is 209 g/mol. The molecule has 0 aliphatic rings. The summed E-state index contributed by atoms with van der Waals surface area (Å²) in [6.45, 7) is 0. The van der Waals surface area contributed by atoms with Gasteiger partial charge < -0.3 is 15.2 Å². The van der Waals surface area contributed by atoms with Crippen LogP contribution in [0.4, 0.5) is 10.2 Å². The first-order valence-corrected chi connectivity index (χ1v) is 4.74. The van der Waals surface area contributed by atoms with Gasteiger partial charge in [-0.2, -0.15) is 0 Å². The highest BCUT2D eigenvalue weighted by atomic mass is 19.1. The molecular formula is C11H8FN3O. The Morgan fingerprint density at radius 2 is 2.19 bits per heavy atom. The number of hydrogen-bond acceptors (Lipinski definition) is 3. The molecule has 0 amide bonds. The Bertz CT molecular complexity index is 656. The van der Waals surface area contributed by atoms with E-state index in [1.54, 1.807) is 24.3 Å². The van der Waals surface area contributed by atoms with Gasteiger partial charge in [0.15, 0.2) is 11.6 Å². The number of nitrogens with two attached hydrogens (primary N) is 1. The summed E-state index contributed by atoms with van der Waals surface area (Å²) in [6, 6.07) is 8.11. The molecule has 0 bridgehead atoms. The fraction of sp³-hybridized carbons (Fsp3) is 0. The molecule has 0 saturated carbocycles. The van der Waals surface area contributed by atoms with Crippen LogP contribution in [0.5, 0.6) is 0 Å². The van der Waals surface area contributed by atoms with E-state index in [1.807, 2.05) is 0 Å². The van der Waals surface area contributed by atoms with Crippen molar-refractivity contribution in [3.8, 4) is 11.5 Å². The molecule has 4 nitrogen and oxygen atoms in total.